The highest BCUT2D eigenvalue weighted by Gasteiger charge is 2.26. The lowest BCUT2D eigenvalue weighted by Crippen LogP contribution is -2.48. The van der Waals surface area contributed by atoms with Crippen LogP contribution in [-0.2, 0) is 21.2 Å². The van der Waals surface area contributed by atoms with E-state index in [2.05, 4.69) is 10.0 Å². The van der Waals surface area contributed by atoms with Crippen molar-refractivity contribution in [3.63, 3.8) is 0 Å². The van der Waals surface area contributed by atoms with Gasteiger partial charge in [0.25, 0.3) is 0 Å². The Balaban J connectivity index is 1.87. The molecule has 154 valence electrons. The molecule has 7 nitrogen and oxygen atoms in total. The van der Waals surface area contributed by atoms with E-state index in [0.717, 1.165) is 16.3 Å². The number of rotatable bonds is 8. The van der Waals surface area contributed by atoms with Gasteiger partial charge in [0.2, 0.25) is 15.9 Å². The molecule has 3 aromatic carbocycles. The topological polar surface area (TPSA) is 108 Å². The minimum Gasteiger partial charge on any atom is -0.497 e. The molecule has 0 saturated heterocycles. The van der Waals surface area contributed by atoms with E-state index < -0.39 is 22.0 Å². The van der Waals surface area contributed by atoms with Gasteiger partial charge in [-0.1, -0.05) is 42.5 Å². The van der Waals surface area contributed by atoms with Crippen molar-refractivity contribution >= 4 is 26.7 Å². The van der Waals surface area contributed by atoms with Crippen molar-refractivity contribution in [2.75, 3.05) is 13.7 Å². The van der Waals surface area contributed by atoms with Gasteiger partial charge in [0.15, 0.2) is 0 Å². The van der Waals surface area contributed by atoms with E-state index in [0.29, 0.717) is 5.75 Å². The number of methoxy groups -OCH3 is 1. The molecule has 0 radical (unpaired) electrons. The van der Waals surface area contributed by atoms with Gasteiger partial charge in [-0.15, -0.1) is 0 Å². The number of hydrogen-bond acceptors (Lipinski definition) is 5. The third-order valence-corrected chi connectivity index (χ3v) is 6.07. The van der Waals surface area contributed by atoms with Crippen LogP contribution in [0.2, 0.25) is 0 Å². The number of hydrogen-bond donors (Lipinski definition) is 2. The van der Waals surface area contributed by atoms with E-state index in [-0.39, 0.29) is 17.9 Å². The summed E-state index contributed by atoms with van der Waals surface area (Å²) in [6.07, 6.45) is 0.136. The highest BCUT2D eigenvalue weighted by atomic mass is 32.2. The smallest absolute Gasteiger partial charge is 0.241 e. The van der Waals surface area contributed by atoms with E-state index in [4.69, 9.17) is 10.00 Å². The first-order valence-corrected chi connectivity index (χ1v) is 10.7. The molecule has 8 heteroatoms. The predicted molar refractivity (Wildman–Crippen MR) is 113 cm³/mol. The summed E-state index contributed by atoms with van der Waals surface area (Å²) < 4.78 is 33.2. The molecule has 0 bridgehead atoms. The lowest BCUT2D eigenvalue weighted by molar-refractivity contribution is -0.122. The summed E-state index contributed by atoms with van der Waals surface area (Å²) in [5, 5.41) is 13.2. The molecule has 0 aliphatic rings. The van der Waals surface area contributed by atoms with Crippen molar-refractivity contribution in [2.45, 2.75) is 17.4 Å². The van der Waals surface area contributed by atoms with Crippen molar-refractivity contribution in [1.29, 1.82) is 5.26 Å². The van der Waals surface area contributed by atoms with Crippen LogP contribution < -0.4 is 14.8 Å². The number of amides is 1. The number of carbonyl (C=O) groups excluding carboxylic acids is 1. The Morgan fingerprint density at radius 3 is 2.43 bits per heavy atom. The normalized spacial score (nSPS) is 12.1. The molecule has 0 aliphatic heterocycles. The first-order chi connectivity index (χ1) is 14.4. The van der Waals surface area contributed by atoms with Gasteiger partial charge in [0, 0.05) is 0 Å². The molecule has 3 aromatic rings. The molecule has 2 N–H and O–H groups in total. The number of fused-ring (bicyclic) bond motifs is 1. The highest BCUT2D eigenvalue weighted by molar-refractivity contribution is 7.89. The zero-order valence-corrected chi connectivity index (χ0v) is 17.1. The second-order valence-corrected chi connectivity index (χ2v) is 8.32. The number of nitrogens with zero attached hydrogens (tertiary/aromatic N) is 1. The molecule has 1 atom stereocenters. The van der Waals surface area contributed by atoms with Crippen LogP contribution in [0.4, 0.5) is 0 Å². The lowest BCUT2D eigenvalue weighted by Gasteiger charge is -2.18. The Morgan fingerprint density at radius 1 is 1.07 bits per heavy atom. The minimum absolute atomic E-state index is 0.0138. The highest BCUT2D eigenvalue weighted by Crippen LogP contribution is 2.19. The fourth-order valence-corrected chi connectivity index (χ4v) is 4.24. The number of sulfonamides is 1. The van der Waals surface area contributed by atoms with E-state index in [1.807, 2.05) is 48.5 Å². The van der Waals surface area contributed by atoms with E-state index in [1.54, 1.807) is 0 Å². The summed E-state index contributed by atoms with van der Waals surface area (Å²) in [5.41, 5.74) is 0.795. The number of nitrogens with one attached hydrogen (secondary N) is 2. The van der Waals surface area contributed by atoms with Gasteiger partial charge in [-0.3, -0.25) is 4.79 Å². The summed E-state index contributed by atoms with van der Waals surface area (Å²) in [6, 6.07) is 20.1. The first-order valence-electron chi connectivity index (χ1n) is 9.21. The van der Waals surface area contributed by atoms with Gasteiger partial charge >= 0.3 is 0 Å². The second kappa shape index (κ2) is 9.39. The van der Waals surface area contributed by atoms with E-state index in [9.17, 15) is 13.2 Å². The SMILES string of the molecule is COc1ccc(S(=O)(=O)N[C@@H](Cc2ccc3ccccc3c2)C(=O)NCC#N)cc1. The molecule has 0 saturated carbocycles. The Labute approximate surface area is 175 Å². The maximum atomic E-state index is 12.8. The number of benzene rings is 3. The van der Waals surface area contributed by atoms with Crippen LogP contribution in [0.3, 0.4) is 0 Å². The molecule has 1 amide bonds. The number of carbonyl (C=O) groups is 1. The molecule has 0 aliphatic carbocycles. The molecular weight excluding hydrogens is 402 g/mol. The monoisotopic (exact) mass is 423 g/mol. The van der Waals surface area contributed by atoms with Gasteiger partial charge in [-0.2, -0.15) is 9.98 Å². The maximum absolute atomic E-state index is 12.8. The Morgan fingerprint density at radius 2 is 1.77 bits per heavy atom. The second-order valence-electron chi connectivity index (χ2n) is 6.61. The van der Waals surface area contributed by atoms with Crippen molar-refractivity contribution < 1.29 is 17.9 Å². The van der Waals surface area contributed by atoms with Gasteiger partial charge < -0.3 is 10.1 Å². The van der Waals surface area contributed by atoms with Crippen LogP contribution in [0, 0.1) is 11.3 Å². The average molecular weight is 423 g/mol. The van der Waals surface area contributed by atoms with Crippen molar-refractivity contribution in [2.24, 2.45) is 0 Å². The molecule has 0 spiro atoms. The van der Waals surface area contributed by atoms with Crippen molar-refractivity contribution in [3.8, 4) is 11.8 Å². The van der Waals surface area contributed by atoms with Crippen LogP contribution in [0.15, 0.2) is 71.6 Å². The maximum Gasteiger partial charge on any atom is 0.241 e. The molecule has 0 fully saturated rings. The number of ether oxygens (including phenoxy) is 1. The quantitative estimate of drug-likeness (QED) is 0.541. The molecule has 30 heavy (non-hydrogen) atoms. The largest absolute Gasteiger partial charge is 0.497 e. The van der Waals surface area contributed by atoms with Gasteiger partial charge in [0.05, 0.1) is 18.1 Å². The van der Waals surface area contributed by atoms with Crippen LogP contribution in [-0.4, -0.2) is 34.0 Å². The van der Waals surface area contributed by atoms with Crippen molar-refractivity contribution in [3.05, 3.63) is 72.3 Å². The van der Waals surface area contributed by atoms with Crippen LogP contribution in [0.1, 0.15) is 5.56 Å². The van der Waals surface area contributed by atoms with E-state index in [1.165, 1.54) is 31.4 Å². The third kappa shape index (κ3) is 5.14. The van der Waals surface area contributed by atoms with Gasteiger partial charge in [-0.25, -0.2) is 8.42 Å². The Hall–Kier alpha value is -3.41. The molecular formula is C22H21N3O4S. The summed E-state index contributed by atoms with van der Waals surface area (Å²) in [6.45, 7) is -0.211. The zero-order chi connectivity index (χ0) is 21.6. The third-order valence-electron chi connectivity index (χ3n) is 4.58. The Kier molecular flexibility index (Phi) is 6.67. The van der Waals surface area contributed by atoms with Crippen LogP contribution in [0.5, 0.6) is 5.75 Å². The zero-order valence-electron chi connectivity index (χ0n) is 16.3. The lowest BCUT2D eigenvalue weighted by atomic mass is 10.0. The summed E-state index contributed by atoms with van der Waals surface area (Å²) in [5.74, 6) is -0.0461. The molecule has 0 unspecified atom stereocenters. The summed E-state index contributed by atoms with van der Waals surface area (Å²) in [4.78, 5) is 12.6. The fourth-order valence-electron chi connectivity index (χ4n) is 3.05. The molecule has 0 aromatic heterocycles. The van der Waals surface area contributed by atoms with Gasteiger partial charge in [0.1, 0.15) is 18.3 Å². The van der Waals surface area contributed by atoms with Crippen LogP contribution in [0.25, 0.3) is 10.8 Å². The van der Waals surface area contributed by atoms with E-state index >= 15 is 0 Å². The fraction of sp³-hybridized carbons (Fsp3) is 0.182. The number of nitriles is 1. The Bertz CT molecular complexity index is 1180. The van der Waals surface area contributed by atoms with Crippen LogP contribution >= 0.6 is 0 Å². The summed E-state index contributed by atoms with van der Waals surface area (Å²) >= 11 is 0. The standard InChI is InChI=1S/C22H21N3O4S/c1-29-19-8-10-20(11-9-19)30(27,28)25-21(22(26)24-13-12-23)15-16-6-7-17-4-2-3-5-18(17)14-16/h2-11,14,21,25H,13,15H2,1H3,(H,24,26)/t21-/m0/s1. The van der Waals surface area contributed by atoms with Gasteiger partial charge in [-0.05, 0) is 47.0 Å². The first kappa shape index (κ1) is 21.3. The predicted octanol–water partition coefficient (Wildman–Crippen LogP) is 2.38. The minimum atomic E-state index is -3.97. The van der Waals surface area contributed by atoms with Crippen molar-refractivity contribution in [1.82, 2.24) is 10.0 Å². The molecule has 0 heterocycles. The average Bonchev–Trinajstić information content (AvgIpc) is 2.76. The summed E-state index contributed by atoms with van der Waals surface area (Å²) in [7, 11) is -2.48. The molecule has 3 rings (SSSR count).